The number of ether oxygens (including phenoxy) is 1. The second-order valence-corrected chi connectivity index (χ2v) is 7.72. The maximum atomic E-state index is 14.1. The van der Waals surface area contributed by atoms with Crippen LogP contribution in [0.1, 0.15) is 46.2 Å². The Morgan fingerprint density at radius 2 is 2.22 bits per heavy atom. The second-order valence-electron chi connectivity index (χ2n) is 7.33. The fraction of sp³-hybridized carbons (Fsp3) is 0.647. The van der Waals surface area contributed by atoms with E-state index in [2.05, 4.69) is 10.3 Å². The van der Waals surface area contributed by atoms with Gasteiger partial charge in [0.25, 0.3) is 0 Å². The first-order chi connectivity index (χ1) is 10.6. The number of aromatic nitrogens is 1. The minimum Gasteiger partial charge on any atom is -0.460 e. The Labute approximate surface area is 141 Å². The van der Waals surface area contributed by atoms with Gasteiger partial charge in [-0.05, 0) is 59.2 Å². The lowest BCUT2D eigenvalue weighted by molar-refractivity contribution is -0.170. The van der Waals surface area contributed by atoms with E-state index in [1.165, 1.54) is 12.1 Å². The first kappa shape index (κ1) is 18.1. The van der Waals surface area contributed by atoms with Crippen molar-refractivity contribution < 1.29 is 13.9 Å². The highest BCUT2D eigenvalue weighted by molar-refractivity contribution is 6.29. The van der Waals surface area contributed by atoms with Crippen molar-refractivity contribution >= 4 is 17.6 Å². The fourth-order valence-electron chi connectivity index (χ4n) is 3.02. The Balaban J connectivity index is 2.34. The predicted molar refractivity (Wildman–Crippen MR) is 87.9 cm³/mol. The van der Waals surface area contributed by atoms with E-state index in [1.807, 2.05) is 27.7 Å². The molecule has 2 heterocycles. The summed E-state index contributed by atoms with van der Waals surface area (Å²) in [6, 6.07) is 2.85. The molecule has 1 aliphatic heterocycles. The van der Waals surface area contributed by atoms with Crippen molar-refractivity contribution in [1.82, 2.24) is 10.3 Å². The highest BCUT2D eigenvalue weighted by Crippen LogP contribution is 2.38. The molecular weight excluding hydrogens is 319 g/mol. The summed E-state index contributed by atoms with van der Waals surface area (Å²) in [5.41, 5.74) is -1.15. The van der Waals surface area contributed by atoms with Crippen LogP contribution in [-0.4, -0.2) is 29.1 Å². The number of hydrogen-bond donors (Lipinski definition) is 1. The monoisotopic (exact) mass is 342 g/mol. The molecule has 1 aliphatic rings. The number of esters is 1. The van der Waals surface area contributed by atoms with Crippen LogP contribution in [0.15, 0.2) is 12.1 Å². The van der Waals surface area contributed by atoms with Crippen LogP contribution in [-0.2, 0) is 16.0 Å². The van der Waals surface area contributed by atoms with Gasteiger partial charge >= 0.3 is 5.97 Å². The second kappa shape index (κ2) is 6.73. The lowest BCUT2D eigenvalue weighted by Gasteiger charge is -2.40. The molecule has 0 bridgehead atoms. The standard InChI is InChI=1S/C17H24ClFN2O2/c1-11-9-17(7-8-20-11,15(22)23-16(2,3)4)10-13-12(19)5-6-14(18)21-13/h5-6,11,20H,7-10H2,1-4H3/t11-,17?/m1/s1. The lowest BCUT2D eigenvalue weighted by atomic mass is 9.72. The van der Waals surface area contributed by atoms with Crippen molar-refractivity contribution in [3.63, 3.8) is 0 Å². The van der Waals surface area contributed by atoms with Gasteiger partial charge in [-0.2, -0.15) is 0 Å². The van der Waals surface area contributed by atoms with Crippen molar-refractivity contribution in [3.05, 3.63) is 28.8 Å². The Hall–Kier alpha value is -1.20. The van der Waals surface area contributed by atoms with Crippen molar-refractivity contribution in [1.29, 1.82) is 0 Å². The number of carbonyl (C=O) groups is 1. The number of nitrogens with one attached hydrogen (secondary N) is 1. The van der Waals surface area contributed by atoms with Crippen molar-refractivity contribution in [2.75, 3.05) is 6.54 Å². The molecule has 2 atom stereocenters. The molecule has 0 aliphatic carbocycles. The van der Waals surface area contributed by atoms with Crippen molar-refractivity contribution in [3.8, 4) is 0 Å². The molecule has 23 heavy (non-hydrogen) atoms. The molecule has 2 rings (SSSR count). The summed E-state index contributed by atoms with van der Waals surface area (Å²) in [7, 11) is 0. The van der Waals surface area contributed by atoms with Crippen molar-refractivity contribution in [2.24, 2.45) is 5.41 Å². The first-order valence-electron chi connectivity index (χ1n) is 7.89. The number of nitrogens with zero attached hydrogens (tertiary/aromatic N) is 1. The minimum atomic E-state index is -0.781. The van der Waals surface area contributed by atoms with E-state index in [9.17, 15) is 9.18 Å². The molecule has 4 nitrogen and oxygen atoms in total. The van der Waals surface area contributed by atoms with Gasteiger partial charge in [0.15, 0.2) is 0 Å². The molecule has 1 aromatic rings. The van der Waals surface area contributed by atoms with Gasteiger partial charge in [-0.1, -0.05) is 11.6 Å². The van der Waals surface area contributed by atoms with Gasteiger partial charge in [-0.3, -0.25) is 4.79 Å². The zero-order chi connectivity index (χ0) is 17.3. The molecule has 6 heteroatoms. The zero-order valence-corrected chi connectivity index (χ0v) is 14.8. The van der Waals surface area contributed by atoms with Gasteiger partial charge in [-0.15, -0.1) is 0 Å². The van der Waals surface area contributed by atoms with Crippen LogP contribution >= 0.6 is 11.6 Å². The smallest absolute Gasteiger partial charge is 0.313 e. The molecule has 0 saturated carbocycles. The summed E-state index contributed by atoms with van der Waals surface area (Å²) in [5.74, 6) is -0.733. The van der Waals surface area contributed by atoms with Gasteiger partial charge in [0, 0.05) is 12.5 Å². The summed E-state index contributed by atoms with van der Waals surface area (Å²) in [5, 5.41) is 3.54. The van der Waals surface area contributed by atoms with Crippen LogP contribution in [0.3, 0.4) is 0 Å². The predicted octanol–water partition coefficient (Wildman–Crippen LogP) is 3.52. The molecule has 1 fully saturated rings. The average molecular weight is 343 g/mol. The molecule has 0 radical (unpaired) electrons. The summed E-state index contributed by atoms with van der Waals surface area (Å²) in [4.78, 5) is 16.9. The van der Waals surface area contributed by atoms with E-state index in [0.29, 0.717) is 19.4 Å². The van der Waals surface area contributed by atoms with E-state index >= 15 is 0 Å². The minimum absolute atomic E-state index is 0.151. The Morgan fingerprint density at radius 1 is 1.52 bits per heavy atom. The maximum Gasteiger partial charge on any atom is 0.313 e. The van der Waals surface area contributed by atoms with Crippen LogP contribution in [0.2, 0.25) is 5.15 Å². The van der Waals surface area contributed by atoms with Crippen LogP contribution in [0.5, 0.6) is 0 Å². The van der Waals surface area contributed by atoms with Crippen LogP contribution < -0.4 is 5.32 Å². The summed E-state index contributed by atoms with van der Waals surface area (Å²) < 4.78 is 19.7. The summed E-state index contributed by atoms with van der Waals surface area (Å²) in [6.45, 7) is 8.20. The van der Waals surface area contributed by atoms with Gasteiger partial charge in [-0.25, -0.2) is 9.37 Å². The third-order valence-electron chi connectivity index (χ3n) is 4.02. The summed E-state index contributed by atoms with van der Waals surface area (Å²) >= 11 is 5.89. The first-order valence-corrected chi connectivity index (χ1v) is 8.27. The molecular formula is C17H24ClFN2O2. The maximum absolute atomic E-state index is 14.1. The topological polar surface area (TPSA) is 51.2 Å². The number of carbonyl (C=O) groups excluding carboxylic acids is 1. The number of hydrogen-bond acceptors (Lipinski definition) is 4. The number of rotatable bonds is 3. The number of pyridine rings is 1. The van der Waals surface area contributed by atoms with Crippen LogP contribution in [0.4, 0.5) is 4.39 Å². The van der Waals surface area contributed by atoms with E-state index in [1.54, 1.807) is 0 Å². The Kier molecular flexibility index (Phi) is 5.31. The van der Waals surface area contributed by atoms with E-state index in [0.717, 1.165) is 0 Å². The number of halogens is 2. The largest absolute Gasteiger partial charge is 0.460 e. The molecule has 0 amide bonds. The summed E-state index contributed by atoms with van der Waals surface area (Å²) in [6.07, 6.45) is 1.36. The van der Waals surface area contributed by atoms with E-state index < -0.39 is 16.8 Å². The van der Waals surface area contributed by atoms with Crippen molar-refractivity contribution in [2.45, 2.75) is 58.6 Å². The van der Waals surface area contributed by atoms with Gasteiger partial charge in [0.1, 0.15) is 16.6 Å². The van der Waals surface area contributed by atoms with Gasteiger partial charge in [0.05, 0.1) is 11.1 Å². The molecule has 0 aromatic carbocycles. The Bertz CT molecular complexity index is 588. The highest BCUT2D eigenvalue weighted by Gasteiger charge is 2.45. The molecule has 1 saturated heterocycles. The molecule has 1 N–H and O–H groups in total. The lowest BCUT2D eigenvalue weighted by Crippen LogP contribution is -2.50. The van der Waals surface area contributed by atoms with Crippen LogP contribution in [0, 0.1) is 11.2 Å². The molecule has 1 unspecified atom stereocenters. The van der Waals surface area contributed by atoms with E-state index in [-0.39, 0.29) is 29.3 Å². The molecule has 1 aromatic heterocycles. The quantitative estimate of drug-likeness (QED) is 0.674. The van der Waals surface area contributed by atoms with Gasteiger partial charge in [0.2, 0.25) is 0 Å². The zero-order valence-electron chi connectivity index (χ0n) is 14.1. The van der Waals surface area contributed by atoms with E-state index in [4.69, 9.17) is 16.3 Å². The third kappa shape index (κ3) is 4.64. The number of piperidine rings is 1. The van der Waals surface area contributed by atoms with Gasteiger partial charge < -0.3 is 10.1 Å². The SMILES string of the molecule is C[C@@H]1CC(Cc2nc(Cl)ccc2F)(C(=O)OC(C)(C)C)CCN1. The third-order valence-corrected chi connectivity index (χ3v) is 4.23. The highest BCUT2D eigenvalue weighted by atomic mass is 35.5. The fourth-order valence-corrected chi connectivity index (χ4v) is 3.19. The average Bonchev–Trinajstić information content (AvgIpc) is 2.41. The molecule has 0 spiro atoms. The Morgan fingerprint density at radius 3 is 2.83 bits per heavy atom. The molecule has 128 valence electrons. The normalized spacial score (nSPS) is 25.2. The van der Waals surface area contributed by atoms with Crippen LogP contribution in [0.25, 0.3) is 0 Å².